The fourth-order valence-corrected chi connectivity index (χ4v) is 2.71. The van der Waals surface area contributed by atoms with Crippen molar-refractivity contribution in [3.05, 3.63) is 34.1 Å². The van der Waals surface area contributed by atoms with Gasteiger partial charge < -0.3 is 15.8 Å². The van der Waals surface area contributed by atoms with Gasteiger partial charge in [0.2, 0.25) is 5.88 Å². The average Bonchev–Trinajstić information content (AvgIpc) is 2.37. The smallest absolute Gasteiger partial charge is 0.242 e. The van der Waals surface area contributed by atoms with Crippen molar-refractivity contribution in [3.8, 4) is 5.88 Å². The Labute approximate surface area is 133 Å². The van der Waals surface area contributed by atoms with Gasteiger partial charge in [-0.15, -0.1) is 0 Å². The lowest BCUT2D eigenvalue weighted by molar-refractivity contribution is 0.234. The van der Waals surface area contributed by atoms with Crippen LogP contribution < -0.4 is 15.8 Å². The number of rotatable bonds is 4. The van der Waals surface area contributed by atoms with Crippen molar-refractivity contribution < 1.29 is 4.74 Å². The van der Waals surface area contributed by atoms with Crippen LogP contribution in [0.2, 0.25) is 0 Å². The van der Waals surface area contributed by atoms with Gasteiger partial charge in [-0.3, -0.25) is 0 Å². The summed E-state index contributed by atoms with van der Waals surface area (Å²) in [6.45, 7) is 7.92. The number of aromatic nitrogens is 2. The number of halogens is 1. The van der Waals surface area contributed by atoms with Crippen LogP contribution in [0, 0.1) is 13.8 Å². The predicted octanol–water partition coefficient (Wildman–Crippen LogP) is 3.97. The highest BCUT2D eigenvalue weighted by Gasteiger charge is 2.13. The Morgan fingerprint density at radius 3 is 2.38 bits per heavy atom. The molecule has 3 N–H and O–H groups in total. The molecule has 0 bridgehead atoms. The quantitative estimate of drug-likeness (QED) is 0.872. The number of anilines is 3. The summed E-state index contributed by atoms with van der Waals surface area (Å²) in [6.07, 6.45) is 1.45. The maximum atomic E-state index is 6.09. The van der Waals surface area contributed by atoms with E-state index in [0.29, 0.717) is 17.4 Å². The van der Waals surface area contributed by atoms with Gasteiger partial charge in [-0.05, 0) is 51.0 Å². The van der Waals surface area contributed by atoms with Crippen LogP contribution in [0.4, 0.5) is 17.2 Å². The van der Waals surface area contributed by atoms with E-state index in [4.69, 9.17) is 10.5 Å². The van der Waals surface area contributed by atoms with E-state index < -0.39 is 0 Å². The van der Waals surface area contributed by atoms with Gasteiger partial charge in [0.15, 0.2) is 5.82 Å². The minimum atomic E-state index is 0.00574. The molecule has 0 saturated carbocycles. The maximum Gasteiger partial charge on any atom is 0.242 e. The lowest BCUT2D eigenvalue weighted by atomic mass is 10.1. The second-order valence-electron chi connectivity index (χ2n) is 5.15. The number of ether oxygens (including phenoxy) is 1. The highest BCUT2D eigenvalue weighted by molar-refractivity contribution is 9.10. The highest BCUT2D eigenvalue weighted by Crippen LogP contribution is 2.32. The third-order valence-electron chi connectivity index (χ3n) is 2.94. The van der Waals surface area contributed by atoms with Gasteiger partial charge in [-0.2, -0.15) is 4.98 Å². The van der Waals surface area contributed by atoms with E-state index in [1.165, 1.54) is 6.33 Å². The number of aryl methyl sites for hydroxylation is 2. The lowest BCUT2D eigenvalue weighted by Gasteiger charge is -2.16. The number of nitrogen functional groups attached to an aromatic ring is 1. The summed E-state index contributed by atoms with van der Waals surface area (Å²) in [6, 6.07) is 4.08. The summed E-state index contributed by atoms with van der Waals surface area (Å²) in [5, 5.41) is 3.27. The highest BCUT2D eigenvalue weighted by atomic mass is 79.9. The van der Waals surface area contributed by atoms with Gasteiger partial charge in [-0.1, -0.05) is 15.9 Å². The Morgan fingerprint density at radius 1 is 1.19 bits per heavy atom. The van der Waals surface area contributed by atoms with Gasteiger partial charge in [0, 0.05) is 10.2 Å². The zero-order chi connectivity index (χ0) is 15.6. The summed E-state index contributed by atoms with van der Waals surface area (Å²) in [7, 11) is 0. The van der Waals surface area contributed by atoms with E-state index in [2.05, 4.69) is 31.2 Å². The molecule has 1 aromatic heterocycles. The molecule has 5 nitrogen and oxygen atoms in total. The van der Waals surface area contributed by atoms with Crippen LogP contribution in [0.15, 0.2) is 22.9 Å². The first kappa shape index (κ1) is 15.6. The van der Waals surface area contributed by atoms with Crippen molar-refractivity contribution in [1.82, 2.24) is 9.97 Å². The van der Waals surface area contributed by atoms with Crippen LogP contribution in [-0.2, 0) is 0 Å². The topological polar surface area (TPSA) is 73.1 Å². The average molecular weight is 351 g/mol. The summed E-state index contributed by atoms with van der Waals surface area (Å²) in [4.78, 5) is 8.28. The van der Waals surface area contributed by atoms with E-state index in [1.807, 2.05) is 39.8 Å². The molecule has 2 rings (SSSR count). The Balaban J connectivity index is 2.36. The van der Waals surface area contributed by atoms with Crippen LogP contribution in [0.25, 0.3) is 0 Å². The van der Waals surface area contributed by atoms with Crippen molar-refractivity contribution >= 4 is 33.1 Å². The summed E-state index contributed by atoms with van der Waals surface area (Å²) in [5.41, 5.74) is 9.69. The fraction of sp³-hybridized carbons (Fsp3) is 0.333. The molecule has 0 atom stereocenters. The Bertz CT molecular complexity index is 635. The minimum Gasteiger partial charge on any atom is -0.473 e. The van der Waals surface area contributed by atoms with Crippen LogP contribution in [-0.4, -0.2) is 16.1 Å². The van der Waals surface area contributed by atoms with Crippen LogP contribution in [0.1, 0.15) is 25.0 Å². The lowest BCUT2D eigenvalue weighted by Crippen LogP contribution is -2.11. The molecule has 21 heavy (non-hydrogen) atoms. The normalized spacial score (nSPS) is 10.8. The largest absolute Gasteiger partial charge is 0.473 e. The number of benzene rings is 1. The molecule has 0 radical (unpaired) electrons. The second kappa shape index (κ2) is 6.30. The molecule has 0 unspecified atom stereocenters. The van der Waals surface area contributed by atoms with Crippen LogP contribution in [0.5, 0.6) is 5.88 Å². The molecule has 0 fully saturated rings. The zero-order valence-electron chi connectivity index (χ0n) is 12.6. The molecule has 6 heteroatoms. The number of nitrogens with zero attached hydrogens (tertiary/aromatic N) is 2. The third kappa shape index (κ3) is 3.64. The molecule has 0 aliphatic heterocycles. The Hall–Kier alpha value is -1.82. The molecule has 0 aliphatic rings. The molecule has 112 valence electrons. The molecule has 1 aromatic carbocycles. The van der Waals surface area contributed by atoms with E-state index in [-0.39, 0.29) is 6.10 Å². The SMILES string of the molecule is Cc1cc(Br)cc(C)c1Nc1ncnc(OC(C)C)c1N. The second-order valence-corrected chi connectivity index (χ2v) is 6.06. The summed E-state index contributed by atoms with van der Waals surface area (Å²) >= 11 is 3.49. The third-order valence-corrected chi connectivity index (χ3v) is 3.39. The molecule has 0 amide bonds. The van der Waals surface area contributed by atoms with Gasteiger partial charge in [0.25, 0.3) is 0 Å². The number of nitrogens with one attached hydrogen (secondary N) is 1. The van der Waals surface area contributed by atoms with E-state index in [1.54, 1.807) is 0 Å². The summed E-state index contributed by atoms with van der Waals surface area (Å²) in [5.74, 6) is 0.948. The maximum absolute atomic E-state index is 6.09. The van der Waals surface area contributed by atoms with Gasteiger partial charge in [0.1, 0.15) is 12.0 Å². The molecular weight excluding hydrogens is 332 g/mol. The van der Waals surface area contributed by atoms with E-state index >= 15 is 0 Å². The minimum absolute atomic E-state index is 0.00574. The number of nitrogens with two attached hydrogens (primary N) is 1. The van der Waals surface area contributed by atoms with Crippen LogP contribution >= 0.6 is 15.9 Å². The zero-order valence-corrected chi connectivity index (χ0v) is 14.2. The molecule has 1 heterocycles. The van der Waals surface area contributed by atoms with E-state index in [9.17, 15) is 0 Å². The van der Waals surface area contributed by atoms with E-state index in [0.717, 1.165) is 21.3 Å². The van der Waals surface area contributed by atoms with Gasteiger partial charge in [-0.25, -0.2) is 4.98 Å². The van der Waals surface area contributed by atoms with Crippen molar-refractivity contribution in [2.45, 2.75) is 33.8 Å². The molecule has 0 spiro atoms. The monoisotopic (exact) mass is 350 g/mol. The van der Waals surface area contributed by atoms with Crippen molar-refractivity contribution in [2.75, 3.05) is 11.1 Å². The molecule has 0 aliphatic carbocycles. The first-order valence-corrected chi connectivity index (χ1v) is 7.48. The number of hydrogen-bond acceptors (Lipinski definition) is 5. The number of hydrogen-bond donors (Lipinski definition) is 2. The predicted molar refractivity (Wildman–Crippen MR) is 89.1 cm³/mol. The first-order valence-electron chi connectivity index (χ1n) is 6.69. The van der Waals surface area contributed by atoms with Gasteiger partial charge >= 0.3 is 0 Å². The standard InChI is InChI=1S/C15H19BrN4O/c1-8(2)21-15-12(17)14(18-7-19-15)20-13-9(3)5-11(16)6-10(13)4/h5-8H,17H2,1-4H3,(H,18,19,20). The van der Waals surface area contributed by atoms with Gasteiger partial charge in [0.05, 0.1) is 6.10 Å². The fourth-order valence-electron chi connectivity index (χ4n) is 2.02. The van der Waals surface area contributed by atoms with Crippen molar-refractivity contribution in [3.63, 3.8) is 0 Å². The van der Waals surface area contributed by atoms with Crippen molar-refractivity contribution in [1.29, 1.82) is 0 Å². The summed E-state index contributed by atoms with van der Waals surface area (Å²) < 4.78 is 6.62. The van der Waals surface area contributed by atoms with Crippen LogP contribution in [0.3, 0.4) is 0 Å². The first-order chi connectivity index (χ1) is 9.88. The Morgan fingerprint density at radius 2 is 1.81 bits per heavy atom. The Kier molecular flexibility index (Phi) is 4.67. The molecular formula is C15H19BrN4O. The molecule has 2 aromatic rings. The molecule has 0 saturated heterocycles. The van der Waals surface area contributed by atoms with Crippen molar-refractivity contribution in [2.24, 2.45) is 0 Å².